The van der Waals surface area contributed by atoms with Crippen LogP contribution in [0.5, 0.6) is 11.5 Å². The predicted octanol–water partition coefficient (Wildman–Crippen LogP) is 8.48. The van der Waals surface area contributed by atoms with E-state index in [1.807, 2.05) is 98.8 Å². The van der Waals surface area contributed by atoms with Gasteiger partial charge in [0.2, 0.25) is 0 Å². The molecule has 0 bridgehead atoms. The van der Waals surface area contributed by atoms with Gasteiger partial charge in [-0.1, -0.05) is 54.4 Å². The van der Waals surface area contributed by atoms with Gasteiger partial charge < -0.3 is 10.2 Å². The summed E-state index contributed by atoms with van der Waals surface area (Å²) >= 11 is 0. The monoisotopic (exact) mass is 599 g/mol. The average Bonchev–Trinajstić information content (AvgIpc) is 2.87. The van der Waals surface area contributed by atoms with Crippen LogP contribution < -0.4 is 0 Å². The molecule has 4 heteroatoms. The van der Waals surface area contributed by atoms with Crippen molar-refractivity contribution in [2.24, 2.45) is 0 Å². The summed E-state index contributed by atoms with van der Waals surface area (Å²) in [7, 11) is 0. The standard InChI is InChI=1S/C21H29NO2.2C7H7.Zr/c1-6-7-22(12-18-10-14(2)8-16(4)20(18)23)13-19-11-15(3)9-17(5)21(19)24;2*1-7-5-3-2-4-6-7;/h8-11,23-24H,6-7,12-13H2,1-5H3;2*2-6H,1H2;/q;2*-1;+2. The first-order valence-corrected chi connectivity index (χ1v) is 13.1. The summed E-state index contributed by atoms with van der Waals surface area (Å²) < 4.78 is 0. The van der Waals surface area contributed by atoms with Crippen LogP contribution in [0.2, 0.25) is 0 Å². The zero-order valence-corrected chi connectivity index (χ0v) is 26.6. The van der Waals surface area contributed by atoms with E-state index in [2.05, 4.69) is 39.5 Å². The first-order valence-electron chi connectivity index (χ1n) is 13.1. The fourth-order valence-electron chi connectivity index (χ4n) is 4.31. The zero-order chi connectivity index (χ0) is 28.1. The van der Waals surface area contributed by atoms with Gasteiger partial charge in [0.25, 0.3) is 0 Å². The molecule has 0 saturated carbocycles. The number of hydrogen-bond donors (Lipinski definition) is 2. The molecule has 0 radical (unpaired) electrons. The molecule has 0 spiro atoms. The van der Waals surface area contributed by atoms with Crippen molar-refractivity contribution in [1.82, 2.24) is 4.90 Å². The van der Waals surface area contributed by atoms with Crippen LogP contribution in [0.25, 0.3) is 0 Å². The molecular formula is C35H43NO2Zr. The summed E-state index contributed by atoms with van der Waals surface area (Å²) in [4.78, 5) is 2.28. The summed E-state index contributed by atoms with van der Waals surface area (Å²) in [6.45, 7) is 19.8. The minimum absolute atomic E-state index is 0. The van der Waals surface area contributed by atoms with Gasteiger partial charge in [0, 0.05) is 24.2 Å². The Labute approximate surface area is 255 Å². The van der Waals surface area contributed by atoms with Gasteiger partial charge in [0.05, 0.1) is 0 Å². The van der Waals surface area contributed by atoms with Crippen LogP contribution >= 0.6 is 0 Å². The molecule has 0 unspecified atom stereocenters. The summed E-state index contributed by atoms with van der Waals surface area (Å²) in [6.07, 6.45) is 1.02. The van der Waals surface area contributed by atoms with Crippen molar-refractivity contribution in [2.75, 3.05) is 6.54 Å². The maximum Gasteiger partial charge on any atom is 2.00 e. The molecular weight excluding hydrogens is 558 g/mol. The SMILES string of the molecule is CCCN(Cc1cc(C)cc(C)c1O)Cc1cc(C)cc(C)c1O.[CH2-]c1ccccc1.[CH2-]c1ccccc1.[Zr+2]. The van der Waals surface area contributed by atoms with E-state index in [0.717, 1.165) is 57.5 Å². The third-order valence-electron chi connectivity index (χ3n) is 6.06. The topological polar surface area (TPSA) is 43.7 Å². The van der Waals surface area contributed by atoms with E-state index in [-0.39, 0.29) is 26.2 Å². The molecule has 2 N–H and O–H groups in total. The second-order valence-electron chi connectivity index (χ2n) is 9.86. The van der Waals surface area contributed by atoms with Crippen LogP contribution in [0, 0.1) is 41.5 Å². The molecule has 4 aromatic carbocycles. The Balaban J connectivity index is 0.000000410. The molecule has 0 aliphatic heterocycles. The van der Waals surface area contributed by atoms with Gasteiger partial charge >= 0.3 is 26.2 Å². The molecule has 39 heavy (non-hydrogen) atoms. The molecule has 3 nitrogen and oxygen atoms in total. The average molecular weight is 601 g/mol. The van der Waals surface area contributed by atoms with Crippen LogP contribution in [0.15, 0.2) is 84.9 Å². The summed E-state index contributed by atoms with van der Waals surface area (Å²) in [6, 6.07) is 27.8. The van der Waals surface area contributed by atoms with E-state index in [1.165, 1.54) is 0 Å². The summed E-state index contributed by atoms with van der Waals surface area (Å²) in [5.74, 6) is 0.762. The quantitative estimate of drug-likeness (QED) is 0.218. The molecule has 0 atom stereocenters. The number of rotatable bonds is 6. The Morgan fingerprint density at radius 1 is 0.615 bits per heavy atom. The van der Waals surface area contributed by atoms with Gasteiger partial charge in [-0.25, -0.2) is 0 Å². The first-order chi connectivity index (χ1) is 18.1. The molecule has 0 aromatic heterocycles. The molecule has 204 valence electrons. The second-order valence-corrected chi connectivity index (χ2v) is 9.86. The molecule has 0 heterocycles. The van der Waals surface area contributed by atoms with Crippen molar-refractivity contribution >= 4 is 0 Å². The third kappa shape index (κ3) is 12.2. The van der Waals surface area contributed by atoms with Gasteiger partial charge in [-0.05, 0) is 51.8 Å². The molecule has 0 aliphatic carbocycles. The maximum atomic E-state index is 10.4. The van der Waals surface area contributed by atoms with Crippen molar-refractivity contribution in [2.45, 2.75) is 54.1 Å². The first kappa shape index (κ1) is 34.1. The Hall–Kier alpha value is -2.94. The fourth-order valence-corrected chi connectivity index (χ4v) is 4.31. The number of nitrogens with zero attached hydrogens (tertiary/aromatic N) is 1. The Morgan fingerprint density at radius 3 is 1.26 bits per heavy atom. The maximum absolute atomic E-state index is 10.4. The number of phenols is 2. The minimum atomic E-state index is 0. The summed E-state index contributed by atoms with van der Waals surface area (Å²) in [5, 5.41) is 20.7. The predicted molar refractivity (Wildman–Crippen MR) is 161 cm³/mol. The zero-order valence-electron chi connectivity index (χ0n) is 24.2. The van der Waals surface area contributed by atoms with Gasteiger partial charge in [0.1, 0.15) is 11.5 Å². The molecule has 4 aromatic rings. The van der Waals surface area contributed by atoms with E-state index in [0.29, 0.717) is 24.6 Å². The smallest absolute Gasteiger partial charge is 0.507 e. The Bertz CT molecular complexity index is 1160. The van der Waals surface area contributed by atoms with Crippen LogP contribution in [-0.2, 0) is 39.3 Å². The van der Waals surface area contributed by atoms with E-state index in [1.54, 1.807) is 0 Å². The van der Waals surface area contributed by atoms with Crippen LogP contribution in [-0.4, -0.2) is 21.7 Å². The fraction of sp³-hybridized carbons (Fsp3) is 0.257. The third-order valence-corrected chi connectivity index (χ3v) is 6.06. The van der Waals surface area contributed by atoms with E-state index in [4.69, 9.17) is 0 Å². The van der Waals surface area contributed by atoms with Crippen LogP contribution in [0.3, 0.4) is 0 Å². The number of phenolic OH excluding ortho intramolecular Hbond substituents is 2. The van der Waals surface area contributed by atoms with Gasteiger partial charge in [0.15, 0.2) is 0 Å². The number of aryl methyl sites for hydroxylation is 4. The van der Waals surface area contributed by atoms with Crippen molar-refractivity contribution < 1.29 is 36.4 Å². The van der Waals surface area contributed by atoms with E-state index in [9.17, 15) is 10.2 Å². The van der Waals surface area contributed by atoms with Crippen molar-refractivity contribution in [3.63, 3.8) is 0 Å². The van der Waals surface area contributed by atoms with E-state index >= 15 is 0 Å². The van der Waals surface area contributed by atoms with Gasteiger partial charge in [-0.15, -0.1) is 24.3 Å². The molecule has 0 fully saturated rings. The minimum Gasteiger partial charge on any atom is -0.507 e. The number of benzene rings is 4. The van der Waals surface area contributed by atoms with Crippen molar-refractivity contribution in [3.8, 4) is 11.5 Å². The van der Waals surface area contributed by atoms with Crippen LogP contribution in [0.1, 0.15) is 57.9 Å². The van der Waals surface area contributed by atoms with Crippen LogP contribution in [0.4, 0.5) is 0 Å². The molecule has 0 aliphatic rings. The van der Waals surface area contributed by atoms with Gasteiger partial charge in [-0.3, -0.25) is 4.90 Å². The summed E-state index contributed by atoms with van der Waals surface area (Å²) in [5.41, 5.74) is 8.18. The van der Waals surface area contributed by atoms with Crippen molar-refractivity contribution in [1.29, 1.82) is 0 Å². The second kappa shape index (κ2) is 17.6. The number of aromatic hydroxyl groups is 2. The largest absolute Gasteiger partial charge is 2.00 e. The molecule has 0 saturated heterocycles. The van der Waals surface area contributed by atoms with Crippen molar-refractivity contribution in [3.05, 3.63) is 143 Å². The Kier molecular flexibility index (Phi) is 15.4. The molecule has 0 amide bonds. The van der Waals surface area contributed by atoms with Gasteiger partial charge in [-0.2, -0.15) is 49.2 Å². The molecule has 4 rings (SSSR count). The Morgan fingerprint density at radius 2 is 0.974 bits per heavy atom. The number of hydrogen-bond acceptors (Lipinski definition) is 3. The normalized spacial score (nSPS) is 10.0. The van der Waals surface area contributed by atoms with E-state index < -0.39 is 0 Å².